The molecule has 1 aliphatic carbocycles. The predicted molar refractivity (Wildman–Crippen MR) is 146 cm³/mol. The minimum atomic E-state index is -1.34. The fourth-order valence-corrected chi connectivity index (χ4v) is 5.29. The SMILES string of the molecule is CCc1c(C(=O)Nc2ccc(-c3ccccc3)cc2)c2c(n1CC[C@@H](O)C[C@@H](O)CC(=O)[O-])CCC=CC2. The lowest BCUT2D eigenvalue weighted by Gasteiger charge is -2.19. The number of allylic oxidation sites excluding steroid dienone is 2. The highest BCUT2D eigenvalue weighted by molar-refractivity contribution is 6.06. The Bertz CT molecular complexity index is 1280. The standard InChI is InChI=1S/C31H36N2O5/c1-2-27-30(31(38)32-23-15-13-22(14-16-23)21-9-5-3-6-10-21)26-11-7-4-8-12-28(26)33(27)18-17-24(34)19-25(35)20-29(36)37/h3-7,9-10,13-16,24-25,34-35H,2,8,11-12,17-20H2,1H3,(H,32,38)(H,36,37)/p-1/t24-,25-/m1/s1. The molecule has 3 aromatic rings. The molecule has 1 amide bonds. The van der Waals surface area contributed by atoms with Crippen LogP contribution in [-0.4, -0.2) is 38.9 Å². The largest absolute Gasteiger partial charge is 0.550 e. The number of nitrogens with one attached hydrogen (secondary N) is 1. The summed E-state index contributed by atoms with van der Waals surface area (Å²) < 4.78 is 2.14. The number of aliphatic hydroxyl groups excluding tert-OH is 2. The van der Waals surface area contributed by atoms with Crippen molar-refractivity contribution in [2.75, 3.05) is 5.32 Å². The van der Waals surface area contributed by atoms with E-state index in [0.717, 1.165) is 46.6 Å². The monoisotopic (exact) mass is 515 g/mol. The van der Waals surface area contributed by atoms with Crippen LogP contribution in [0.2, 0.25) is 0 Å². The maximum absolute atomic E-state index is 13.6. The number of rotatable bonds is 11. The van der Waals surface area contributed by atoms with Gasteiger partial charge in [-0.3, -0.25) is 4.79 Å². The van der Waals surface area contributed by atoms with Crippen molar-refractivity contribution < 1.29 is 24.9 Å². The van der Waals surface area contributed by atoms with Crippen LogP contribution in [0.4, 0.5) is 5.69 Å². The minimum absolute atomic E-state index is 0.0349. The Morgan fingerprint density at radius 2 is 1.71 bits per heavy atom. The molecule has 2 aromatic carbocycles. The summed E-state index contributed by atoms with van der Waals surface area (Å²) in [5.74, 6) is -1.49. The predicted octanol–water partition coefficient (Wildman–Crippen LogP) is 3.66. The number of hydrogen-bond donors (Lipinski definition) is 3. The lowest BCUT2D eigenvalue weighted by atomic mass is 10.0. The number of aromatic nitrogens is 1. The van der Waals surface area contributed by atoms with E-state index in [9.17, 15) is 24.9 Å². The van der Waals surface area contributed by atoms with E-state index < -0.39 is 24.6 Å². The molecule has 200 valence electrons. The molecule has 0 aliphatic heterocycles. The van der Waals surface area contributed by atoms with E-state index in [-0.39, 0.29) is 12.3 Å². The highest BCUT2D eigenvalue weighted by Crippen LogP contribution is 2.30. The van der Waals surface area contributed by atoms with Crippen LogP contribution >= 0.6 is 0 Å². The number of anilines is 1. The van der Waals surface area contributed by atoms with Crippen LogP contribution in [0, 0.1) is 0 Å². The average molecular weight is 516 g/mol. The zero-order chi connectivity index (χ0) is 27.1. The summed E-state index contributed by atoms with van der Waals surface area (Å²) >= 11 is 0. The first-order valence-corrected chi connectivity index (χ1v) is 13.3. The first-order valence-electron chi connectivity index (χ1n) is 13.3. The Kier molecular flexibility index (Phi) is 9.15. The number of nitrogens with zero attached hydrogens (tertiary/aromatic N) is 1. The number of aliphatic carboxylic acids is 1. The van der Waals surface area contributed by atoms with Crippen molar-refractivity contribution in [1.82, 2.24) is 4.57 Å². The van der Waals surface area contributed by atoms with Crippen molar-refractivity contribution in [1.29, 1.82) is 0 Å². The van der Waals surface area contributed by atoms with Gasteiger partial charge in [0, 0.05) is 36.0 Å². The van der Waals surface area contributed by atoms with Gasteiger partial charge in [0.05, 0.1) is 17.8 Å². The van der Waals surface area contributed by atoms with Gasteiger partial charge in [-0.25, -0.2) is 0 Å². The number of amides is 1. The van der Waals surface area contributed by atoms with Crippen LogP contribution in [0.5, 0.6) is 0 Å². The zero-order valence-corrected chi connectivity index (χ0v) is 21.7. The minimum Gasteiger partial charge on any atom is -0.550 e. The second kappa shape index (κ2) is 12.7. The van der Waals surface area contributed by atoms with Crippen molar-refractivity contribution in [2.24, 2.45) is 0 Å². The van der Waals surface area contributed by atoms with Crippen LogP contribution in [0.3, 0.4) is 0 Å². The van der Waals surface area contributed by atoms with E-state index in [0.29, 0.717) is 31.4 Å². The van der Waals surface area contributed by atoms with E-state index >= 15 is 0 Å². The second-order valence-corrected chi connectivity index (χ2v) is 9.77. The van der Waals surface area contributed by atoms with E-state index in [4.69, 9.17) is 0 Å². The van der Waals surface area contributed by atoms with Crippen molar-refractivity contribution in [2.45, 2.75) is 70.6 Å². The van der Waals surface area contributed by atoms with E-state index in [1.54, 1.807) is 0 Å². The van der Waals surface area contributed by atoms with Crippen molar-refractivity contribution in [3.63, 3.8) is 0 Å². The summed E-state index contributed by atoms with van der Waals surface area (Å²) in [5, 5.41) is 34.1. The van der Waals surface area contributed by atoms with Gasteiger partial charge in [0.15, 0.2) is 0 Å². The third kappa shape index (κ3) is 6.60. The molecule has 7 heteroatoms. The molecule has 0 saturated carbocycles. The van der Waals surface area contributed by atoms with Gasteiger partial charge in [0.25, 0.3) is 5.91 Å². The molecule has 0 fully saturated rings. The van der Waals surface area contributed by atoms with E-state index in [1.807, 2.05) is 61.5 Å². The summed E-state index contributed by atoms with van der Waals surface area (Å²) in [4.78, 5) is 24.4. The highest BCUT2D eigenvalue weighted by atomic mass is 16.4. The topological polar surface area (TPSA) is 115 Å². The smallest absolute Gasteiger partial charge is 0.257 e. The Morgan fingerprint density at radius 1 is 1.00 bits per heavy atom. The lowest BCUT2D eigenvalue weighted by Crippen LogP contribution is -2.29. The molecule has 0 unspecified atom stereocenters. The number of carbonyl (C=O) groups excluding carboxylic acids is 2. The maximum atomic E-state index is 13.6. The fraction of sp³-hybridized carbons (Fsp3) is 0.355. The Hall–Kier alpha value is -3.68. The van der Waals surface area contributed by atoms with Crippen LogP contribution < -0.4 is 10.4 Å². The molecule has 4 rings (SSSR count). The van der Waals surface area contributed by atoms with Gasteiger partial charge >= 0.3 is 0 Å². The van der Waals surface area contributed by atoms with Crippen LogP contribution in [0.25, 0.3) is 11.1 Å². The van der Waals surface area contributed by atoms with E-state index in [1.165, 1.54) is 0 Å². The number of hydrogen-bond acceptors (Lipinski definition) is 5. The van der Waals surface area contributed by atoms with Gasteiger partial charge in [0.1, 0.15) is 0 Å². The summed E-state index contributed by atoms with van der Waals surface area (Å²) in [5.41, 5.74) is 6.63. The summed E-state index contributed by atoms with van der Waals surface area (Å²) in [6.45, 7) is 2.50. The normalized spacial score (nSPS) is 14.4. The third-order valence-corrected chi connectivity index (χ3v) is 7.07. The fourth-order valence-electron chi connectivity index (χ4n) is 5.29. The molecule has 7 nitrogen and oxygen atoms in total. The highest BCUT2D eigenvalue weighted by Gasteiger charge is 2.26. The maximum Gasteiger partial charge on any atom is 0.257 e. The van der Waals surface area contributed by atoms with Gasteiger partial charge in [-0.05, 0) is 67.3 Å². The zero-order valence-electron chi connectivity index (χ0n) is 21.7. The van der Waals surface area contributed by atoms with Crippen LogP contribution in [0.15, 0.2) is 66.7 Å². The molecular weight excluding hydrogens is 480 g/mol. The lowest BCUT2D eigenvalue weighted by molar-refractivity contribution is -0.307. The molecule has 2 atom stereocenters. The summed E-state index contributed by atoms with van der Waals surface area (Å²) in [6.07, 6.45) is 5.00. The Morgan fingerprint density at radius 3 is 2.39 bits per heavy atom. The van der Waals surface area contributed by atoms with Gasteiger partial charge < -0.3 is 30.0 Å². The van der Waals surface area contributed by atoms with Crippen molar-refractivity contribution >= 4 is 17.6 Å². The second-order valence-electron chi connectivity index (χ2n) is 9.77. The van der Waals surface area contributed by atoms with Gasteiger partial charge in [-0.15, -0.1) is 0 Å². The molecule has 1 aromatic heterocycles. The quantitative estimate of drug-likeness (QED) is 0.337. The van der Waals surface area contributed by atoms with E-state index in [2.05, 4.69) is 22.0 Å². The number of aliphatic hydroxyl groups is 2. The van der Waals surface area contributed by atoms with Gasteiger partial charge in [0.2, 0.25) is 0 Å². The molecule has 0 bridgehead atoms. The molecule has 1 aliphatic rings. The molecule has 1 heterocycles. The first-order chi connectivity index (χ1) is 18.4. The first kappa shape index (κ1) is 27.4. The van der Waals surface area contributed by atoms with Crippen molar-refractivity contribution in [3.05, 3.63) is 89.3 Å². The Labute approximate surface area is 223 Å². The summed E-state index contributed by atoms with van der Waals surface area (Å²) in [7, 11) is 0. The number of fused-ring (bicyclic) bond motifs is 1. The Balaban J connectivity index is 1.55. The molecular formula is C31H35N2O5-. The summed E-state index contributed by atoms with van der Waals surface area (Å²) in [6, 6.07) is 17.9. The number of carboxylic acid groups (broad SMARTS) is 1. The molecule has 3 N–H and O–H groups in total. The molecule has 0 saturated heterocycles. The molecule has 38 heavy (non-hydrogen) atoms. The number of carboxylic acids is 1. The molecule has 0 spiro atoms. The number of carbonyl (C=O) groups is 2. The van der Waals surface area contributed by atoms with Gasteiger partial charge in [-0.2, -0.15) is 0 Å². The van der Waals surface area contributed by atoms with Crippen LogP contribution in [-0.2, 0) is 30.6 Å². The number of benzene rings is 2. The van der Waals surface area contributed by atoms with Gasteiger partial charge in [-0.1, -0.05) is 61.5 Å². The van der Waals surface area contributed by atoms with Crippen LogP contribution in [0.1, 0.15) is 59.9 Å². The van der Waals surface area contributed by atoms with Crippen molar-refractivity contribution in [3.8, 4) is 11.1 Å². The third-order valence-electron chi connectivity index (χ3n) is 7.07. The molecule has 0 radical (unpaired) electrons. The average Bonchev–Trinajstić information content (AvgIpc) is 3.01.